The van der Waals surface area contributed by atoms with Gasteiger partial charge in [0.05, 0.1) is 20.7 Å². The summed E-state index contributed by atoms with van der Waals surface area (Å²) in [4.78, 5) is 33.0. The fourth-order valence-corrected chi connectivity index (χ4v) is 4.11. The summed E-state index contributed by atoms with van der Waals surface area (Å²) >= 11 is 0.829. The Morgan fingerprint density at radius 3 is 2.36 bits per heavy atom. The molecule has 4 rings (SSSR count). The maximum absolute atomic E-state index is 12.8. The number of carbonyl (C=O) groups is 1. The number of benzene rings is 1. The van der Waals surface area contributed by atoms with E-state index in [1.54, 1.807) is 0 Å². The molecular weight excluding hydrogens is 438 g/mol. The van der Waals surface area contributed by atoms with Crippen molar-refractivity contribution in [3.8, 4) is 11.4 Å². The van der Waals surface area contributed by atoms with E-state index in [0.29, 0.717) is 22.5 Å². The molecule has 0 spiro atoms. The normalized spacial score (nSPS) is 11.8. The van der Waals surface area contributed by atoms with Crippen molar-refractivity contribution in [3.63, 3.8) is 0 Å². The molecule has 33 heavy (non-hydrogen) atoms. The van der Waals surface area contributed by atoms with Gasteiger partial charge in [0.15, 0.2) is 5.82 Å². The molecule has 0 bridgehead atoms. The molecule has 4 aromatic rings. The van der Waals surface area contributed by atoms with Crippen LogP contribution in [0, 0.1) is 10.1 Å². The van der Waals surface area contributed by atoms with Gasteiger partial charge in [0.25, 0.3) is 5.91 Å². The van der Waals surface area contributed by atoms with Crippen molar-refractivity contribution in [2.75, 3.05) is 5.32 Å². The molecule has 0 atom stereocenters. The number of fused-ring (bicyclic) bond motifs is 1. The van der Waals surface area contributed by atoms with Crippen LogP contribution in [0.25, 0.3) is 22.3 Å². The zero-order valence-electron chi connectivity index (χ0n) is 19.1. The van der Waals surface area contributed by atoms with Crippen LogP contribution < -0.4 is 5.32 Å². The molecule has 8 nitrogen and oxygen atoms in total. The van der Waals surface area contributed by atoms with E-state index >= 15 is 0 Å². The van der Waals surface area contributed by atoms with Crippen molar-refractivity contribution in [3.05, 3.63) is 69.3 Å². The van der Waals surface area contributed by atoms with Gasteiger partial charge in [-0.2, -0.15) is 0 Å². The van der Waals surface area contributed by atoms with Crippen LogP contribution in [0.3, 0.4) is 0 Å². The first-order valence-corrected chi connectivity index (χ1v) is 11.4. The lowest BCUT2D eigenvalue weighted by molar-refractivity contribution is -0.380. The zero-order chi connectivity index (χ0) is 23.9. The molecule has 0 unspecified atom stereocenters. The number of rotatable bonds is 5. The molecule has 0 aliphatic heterocycles. The van der Waals surface area contributed by atoms with E-state index in [4.69, 9.17) is 4.98 Å². The molecule has 0 saturated carbocycles. The van der Waals surface area contributed by atoms with Crippen LogP contribution in [-0.2, 0) is 5.41 Å². The Balaban J connectivity index is 1.76. The predicted octanol–water partition coefficient (Wildman–Crippen LogP) is 6.20. The Morgan fingerprint density at radius 2 is 1.79 bits per heavy atom. The van der Waals surface area contributed by atoms with Gasteiger partial charge >= 0.3 is 5.00 Å². The van der Waals surface area contributed by atoms with Crippen LogP contribution in [-0.4, -0.2) is 25.4 Å². The first kappa shape index (κ1) is 22.6. The van der Waals surface area contributed by atoms with E-state index in [1.807, 2.05) is 29.1 Å². The van der Waals surface area contributed by atoms with Crippen LogP contribution in [0.2, 0.25) is 0 Å². The molecule has 170 valence electrons. The minimum atomic E-state index is -0.508. The lowest BCUT2D eigenvalue weighted by Crippen LogP contribution is -2.12. The fourth-order valence-electron chi connectivity index (χ4n) is 3.40. The second-order valence-electron chi connectivity index (χ2n) is 9.17. The smallest absolute Gasteiger partial charge is 0.324 e. The third-order valence-electron chi connectivity index (χ3n) is 5.36. The maximum atomic E-state index is 12.8. The van der Waals surface area contributed by atoms with Gasteiger partial charge in [-0.15, -0.1) is 0 Å². The number of amides is 1. The van der Waals surface area contributed by atoms with Gasteiger partial charge in [-0.1, -0.05) is 56.4 Å². The number of carbonyl (C=O) groups excluding carboxylic acids is 1. The highest BCUT2D eigenvalue weighted by Crippen LogP contribution is 2.30. The van der Waals surface area contributed by atoms with Gasteiger partial charge in [0, 0.05) is 30.1 Å². The number of aromatic nitrogens is 3. The van der Waals surface area contributed by atoms with Crippen molar-refractivity contribution in [2.24, 2.45) is 0 Å². The Labute approximate surface area is 195 Å². The van der Waals surface area contributed by atoms with E-state index in [1.165, 1.54) is 17.7 Å². The molecule has 0 radical (unpaired) electrons. The van der Waals surface area contributed by atoms with Crippen molar-refractivity contribution in [1.82, 2.24) is 14.5 Å². The standard InChI is InChI=1S/C24H25N5O3S/c1-14(2)28-12-17-18(13-28)25-21(15-6-8-16(9-7-15)24(3,4)5)26-22(17)27-23(30)19-10-11-20(33-19)29(31)32/h6-14H,1-5H3,(H,25,26,27,30). The molecule has 3 aromatic heterocycles. The summed E-state index contributed by atoms with van der Waals surface area (Å²) in [6.45, 7) is 10.6. The minimum absolute atomic E-state index is 0.0281. The van der Waals surface area contributed by atoms with E-state index in [0.717, 1.165) is 16.9 Å². The van der Waals surface area contributed by atoms with Crippen LogP contribution in [0.5, 0.6) is 0 Å². The van der Waals surface area contributed by atoms with Crippen molar-refractivity contribution in [1.29, 1.82) is 0 Å². The number of thiophene rings is 1. The van der Waals surface area contributed by atoms with Crippen molar-refractivity contribution >= 4 is 39.0 Å². The summed E-state index contributed by atoms with van der Waals surface area (Å²) in [7, 11) is 0. The van der Waals surface area contributed by atoms with Gasteiger partial charge in [-0.3, -0.25) is 14.9 Å². The van der Waals surface area contributed by atoms with Gasteiger partial charge in [-0.05, 0) is 30.9 Å². The minimum Gasteiger partial charge on any atom is -0.349 e. The summed E-state index contributed by atoms with van der Waals surface area (Å²) < 4.78 is 2.01. The third kappa shape index (κ3) is 4.63. The molecule has 0 fully saturated rings. The van der Waals surface area contributed by atoms with Crippen LogP contribution in [0.4, 0.5) is 10.8 Å². The molecule has 9 heteroatoms. The molecule has 0 aliphatic carbocycles. The van der Waals surface area contributed by atoms with Crippen LogP contribution in [0.1, 0.15) is 55.9 Å². The zero-order valence-corrected chi connectivity index (χ0v) is 19.9. The average Bonchev–Trinajstić information content (AvgIpc) is 3.41. The van der Waals surface area contributed by atoms with Crippen molar-refractivity contribution < 1.29 is 9.72 Å². The Kier molecular flexibility index (Phi) is 5.75. The second kappa shape index (κ2) is 8.40. The maximum Gasteiger partial charge on any atom is 0.324 e. The Morgan fingerprint density at radius 1 is 1.09 bits per heavy atom. The second-order valence-corrected chi connectivity index (χ2v) is 10.2. The van der Waals surface area contributed by atoms with Gasteiger partial charge < -0.3 is 9.88 Å². The first-order valence-electron chi connectivity index (χ1n) is 10.6. The van der Waals surface area contributed by atoms with E-state index in [9.17, 15) is 14.9 Å². The summed E-state index contributed by atoms with van der Waals surface area (Å²) in [5.74, 6) is 0.423. The van der Waals surface area contributed by atoms with E-state index in [2.05, 4.69) is 57.1 Å². The molecule has 1 N–H and O–H groups in total. The Hall–Kier alpha value is -3.59. The number of nitrogens with zero attached hydrogens (tertiary/aromatic N) is 4. The molecule has 0 aliphatic rings. The molecule has 0 saturated heterocycles. The predicted molar refractivity (Wildman–Crippen MR) is 131 cm³/mol. The molecule has 1 amide bonds. The van der Waals surface area contributed by atoms with E-state index < -0.39 is 10.8 Å². The molecule has 3 heterocycles. The third-order valence-corrected chi connectivity index (χ3v) is 6.39. The highest BCUT2D eigenvalue weighted by Gasteiger charge is 2.20. The Bertz CT molecular complexity index is 1350. The number of nitrogens with one attached hydrogen (secondary N) is 1. The first-order chi connectivity index (χ1) is 15.5. The SMILES string of the molecule is CC(C)n1cc2nc(-c3ccc(C(C)(C)C)cc3)nc(NC(=O)c3ccc([N+](=O)[O-])s3)c2c1. The number of hydrogen-bond acceptors (Lipinski definition) is 6. The summed E-state index contributed by atoms with van der Waals surface area (Å²) in [5.41, 5.74) is 2.77. The van der Waals surface area contributed by atoms with E-state index in [-0.39, 0.29) is 21.3 Å². The van der Waals surface area contributed by atoms with Crippen LogP contribution >= 0.6 is 11.3 Å². The fraction of sp³-hybridized carbons (Fsp3) is 0.292. The average molecular weight is 464 g/mol. The number of nitro groups is 1. The number of anilines is 1. The topological polar surface area (TPSA) is 103 Å². The van der Waals surface area contributed by atoms with Crippen LogP contribution in [0.15, 0.2) is 48.8 Å². The van der Waals surface area contributed by atoms with Gasteiger partial charge in [0.2, 0.25) is 0 Å². The summed E-state index contributed by atoms with van der Waals surface area (Å²) in [6, 6.07) is 11.1. The number of hydrogen-bond donors (Lipinski definition) is 1. The van der Waals surface area contributed by atoms with Crippen molar-refractivity contribution in [2.45, 2.75) is 46.1 Å². The highest BCUT2D eigenvalue weighted by molar-refractivity contribution is 7.17. The molecular formula is C24H25N5O3S. The monoisotopic (exact) mass is 463 g/mol. The highest BCUT2D eigenvalue weighted by atomic mass is 32.1. The largest absolute Gasteiger partial charge is 0.349 e. The lowest BCUT2D eigenvalue weighted by atomic mass is 9.87. The quantitative estimate of drug-likeness (QED) is 0.280. The summed E-state index contributed by atoms with van der Waals surface area (Å²) in [6.07, 6.45) is 3.83. The van der Waals surface area contributed by atoms with Gasteiger partial charge in [-0.25, -0.2) is 9.97 Å². The summed E-state index contributed by atoms with van der Waals surface area (Å²) in [5, 5.41) is 14.4. The van der Waals surface area contributed by atoms with Gasteiger partial charge in [0.1, 0.15) is 5.82 Å². The lowest BCUT2D eigenvalue weighted by Gasteiger charge is -2.19. The molecule has 1 aromatic carbocycles.